The average molecular weight is 248 g/mol. The van der Waals surface area contributed by atoms with E-state index >= 15 is 0 Å². The molecule has 0 atom stereocenters. The van der Waals surface area contributed by atoms with Gasteiger partial charge in [-0.2, -0.15) is 0 Å². The molecular weight excluding hydrogens is 234 g/mol. The first kappa shape index (κ1) is 12.4. The second kappa shape index (κ2) is 4.64. The van der Waals surface area contributed by atoms with Gasteiger partial charge in [0.1, 0.15) is 11.5 Å². The zero-order valence-electron chi connectivity index (χ0n) is 10.2. The second-order valence-electron chi connectivity index (χ2n) is 4.21. The number of hydrogen-bond acceptors (Lipinski definition) is 2. The van der Waals surface area contributed by atoms with E-state index in [4.69, 9.17) is 5.73 Å². The third-order valence-corrected chi connectivity index (χ3v) is 2.87. The SMILES string of the molecule is Cc1cccc(Nc2c(F)ccc(C)c2F)c1N. The van der Waals surface area contributed by atoms with E-state index in [0.717, 1.165) is 5.56 Å². The molecule has 0 aromatic heterocycles. The molecule has 3 N–H and O–H groups in total. The number of nitrogen functional groups attached to an aromatic ring is 1. The van der Waals surface area contributed by atoms with Gasteiger partial charge in [-0.25, -0.2) is 8.78 Å². The zero-order chi connectivity index (χ0) is 13.3. The van der Waals surface area contributed by atoms with E-state index in [1.54, 1.807) is 19.1 Å². The monoisotopic (exact) mass is 248 g/mol. The Morgan fingerprint density at radius 3 is 2.44 bits per heavy atom. The van der Waals surface area contributed by atoms with Gasteiger partial charge in [-0.1, -0.05) is 18.2 Å². The summed E-state index contributed by atoms with van der Waals surface area (Å²) in [6.07, 6.45) is 0. The average Bonchev–Trinajstić information content (AvgIpc) is 2.35. The Bertz CT molecular complexity index is 595. The van der Waals surface area contributed by atoms with E-state index in [9.17, 15) is 8.78 Å². The summed E-state index contributed by atoms with van der Waals surface area (Å²) in [6, 6.07) is 7.93. The highest BCUT2D eigenvalue weighted by atomic mass is 19.1. The summed E-state index contributed by atoms with van der Waals surface area (Å²) < 4.78 is 27.4. The van der Waals surface area contributed by atoms with E-state index in [1.807, 2.05) is 13.0 Å². The fourth-order valence-corrected chi connectivity index (χ4v) is 1.70. The van der Waals surface area contributed by atoms with Gasteiger partial charge in [0.25, 0.3) is 0 Å². The topological polar surface area (TPSA) is 38.0 Å². The van der Waals surface area contributed by atoms with Crippen LogP contribution in [0.5, 0.6) is 0 Å². The number of benzene rings is 2. The van der Waals surface area contributed by atoms with Crippen molar-refractivity contribution in [3.05, 3.63) is 53.1 Å². The standard InChI is InChI=1S/C14H14F2N2/c1-8-6-7-10(15)14(12(8)16)18-11-5-3-4-9(2)13(11)17/h3-7,18H,17H2,1-2H3. The van der Waals surface area contributed by atoms with Crippen molar-refractivity contribution >= 4 is 17.1 Å². The van der Waals surface area contributed by atoms with Crippen LogP contribution in [0.15, 0.2) is 30.3 Å². The van der Waals surface area contributed by atoms with Crippen LogP contribution < -0.4 is 11.1 Å². The van der Waals surface area contributed by atoms with Crippen LogP contribution in [0.2, 0.25) is 0 Å². The number of para-hydroxylation sites is 1. The Kier molecular flexibility index (Phi) is 3.19. The molecule has 94 valence electrons. The molecule has 2 nitrogen and oxygen atoms in total. The highest BCUT2D eigenvalue weighted by Gasteiger charge is 2.12. The fraction of sp³-hybridized carbons (Fsp3) is 0.143. The molecular formula is C14H14F2N2. The Balaban J connectivity index is 2.46. The summed E-state index contributed by atoms with van der Waals surface area (Å²) in [5.41, 5.74) is 7.90. The maximum Gasteiger partial charge on any atom is 0.152 e. The van der Waals surface area contributed by atoms with Crippen LogP contribution >= 0.6 is 0 Å². The molecule has 0 aliphatic heterocycles. The molecule has 0 spiro atoms. The van der Waals surface area contributed by atoms with Crippen molar-refractivity contribution in [3.63, 3.8) is 0 Å². The predicted octanol–water partition coefficient (Wildman–Crippen LogP) is 3.91. The molecule has 2 rings (SSSR count). The minimum Gasteiger partial charge on any atom is -0.397 e. The van der Waals surface area contributed by atoms with E-state index in [1.165, 1.54) is 12.1 Å². The zero-order valence-corrected chi connectivity index (χ0v) is 10.2. The van der Waals surface area contributed by atoms with Crippen molar-refractivity contribution in [2.24, 2.45) is 0 Å². The minimum atomic E-state index is -0.640. The molecule has 4 heteroatoms. The fourth-order valence-electron chi connectivity index (χ4n) is 1.70. The van der Waals surface area contributed by atoms with Crippen LogP contribution in [0, 0.1) is 25.5 Å². The van der Waals surface area contributed by atoms with Crippen molar-refractivity contribution in [3.8, 4) is 0 Å². The number of aryl methyl sites for hydroxylation is 2. The third kappa shape index (κ3) is 2.14. The van der Waals surface area contributed by atoms with Crippen LogP contribution in [-0.4, -0.2) is 0 Å². The first-order chi connectivity index (χ1) is 8.50. The van der Waals surface area contributed by atoms with Gasteiger partial charge >= 0.3 is 0 Å². The molecule has 18 heavy (non-hydrogen) atoms. The summed E-state index contributed by atoms with van der Waals surface area (Å²) in [6.45, 7) is 3.42. The molecule has 0 amide bonds. The van der Waals surface area contributed by atoms with Gasteiger partial charge in [0.2, 0.25) is 0 Å². The number of rotatable bonds is 2. The first-order valence-electron chi connectivity index (χ1n) is 5.57. The Hall–Kier alpha value is -2.10. The quantitative estimate of drug-likeness (QED) is 0.791. The van der Waals surface area contributed by atoms with Gasteiger partial charge in [0.15, 0.2) is 5.82 Å². The summed E-state index contributed by atoms with van der Waals surface area (Å²) in [7, 11) is 0. The predicted molar refractivity (Wildman–Crippen MR) is 70.0 cm³/mol. The lowest BCUT2D eigenvalue weighted by atomic mass is 10.1. The first-order valence-corrected chi connectivity index (χ1v) is 5.57. The smallest absolute Gasteiger partial charge is 0.152 e. The summed E-state index contributed by atoms with van der Waals surface area (Å²) in [5, 5.41) is 2.72. The van der Waals surface area contributed by atoms with Crippen LogP contribution in [0.4, 0.5) is 25.8 Å². The van der Waals surface area contributed by atoms with Gasteiger partial charge < -0.3 is 11.1 Å². The second-order valence-corrected chi connectivity index (χ2v) is 4.21. The van der Waals surface area contributed by atoms with Gasteiger partial charge in [-0.3, -0.25) is 0 Å². The van der Waals surface area contributed by atoms with Crippen molar-refractivity contribution in [2.45, 2.75) is 13.8 Å². The van der Waals surface area contributed by atoms with Crippen LogP contribution in [0.3, 0.4) is 0 Å². The number of nitrogens with two attached hydrogens (primary N) is 1. The largest absolute Gasteiger partial charge is 0.397 e. The van der Waals surface area contributed by atoms with Gasteiger partial charge in [-0.05, 0) is 37.1 Å². The molecule has 0 heterocycles. The normalized spacial score (nSPS) is 10.4. The highest BCUT2D eigenvalue weighted by molar-refractivity contribution is 5.75. The molecule has 0 unspecified atom stereocenters. The van der Waals surface area contributed by atoms with Crippen LogP contribution in [-0.2, 0) is 0 Å². The van der Waals surface area contributed by atoms with Crippen molar-refractivity contribution < 1.29 is 8.78 Å². The Morgan fingerprint density at radius 1 is 1.00 bits per heavy atom. The number of hydrogen-bond donors (Lipinski definition) is 2. The molecule has 2 aromatic rings. The highest BCUT2D eigenvalue weighted by Crippen LogP contribution is 2.29. The van der Waals surface area contributed by atoms with Crippen LogP contribution in [0.25, 0.3) is 0 Å². The minimum absolute atomic E-state index is 0.174. The van der Waals surface area contributed by atoms with E-state index < -0.39 is 11.6 Å². The molecule has 0 saturated heterocycles. The maximum absolute atomic E-state index is 13.8. The summed E-state index contributed by atoms with van der Waals surface area (Å²) in [4.78, 5) is 0. The van der Waals surface area contributed by atoms with Gasteiger partial charge in [0.05, 0.1) is 11.4 Å². The van der Waals surface area contributed by atoms with E-state index in [2.05, 4.69) is 5.32 Å². The molecule has 0 bridgehead atoms. The molecule has 0 fully saturated rings. The van der Waals surface area contributed by atoms with Gasteiger partial charge in [-0.15, -0.1) is 0 Å². The summed E-state index contributed by atoms with van der Waals surface area (Å²) in [5.74, 6) is -1.24. The maximum atomic E-state index is 13.8. The lowest BCUT2D eigenvalue weighted by Gasteiger charge is -2.13. The Morgan fingerprint density at radius 2 is 1.72 bits per heavy atom. The van der Waals surface area contributed by atoms with Crippen molar-refractivity contribution in [1.29, 1.82) is 0 Å². The lowest BCUT2D eigenvalue weighted by Crippen LogP contribution is -2.03. The van der Waals surface area contributed by atoms with Crippen molar-refractivity contribution in [2.75, 3.05) is 11.1 Å². The third-order valence-electron chi connectivity index (χ3n) is 2.87. The molecule has 2 aromatic carbocycles. The number of anilines is 3. The molecule has 0 saturated carbocycles. The van der Waals surface area contributed by atoms with Gasteiger partial charge in [0, 0.05) is 0 Å². The van der Waals surface area contributed by atoms with Crippen molar-refractivity contribution in [1.82, 2.24) is 0 Å². The molecule has 0 radical (unpaired) electrons. The lowest BCUT2D eigenvalue weighted by molar-refractivity contribution is 0.585. The molecule has 0 aliphatic rings. The van der Waals surface area contributed by atoms with Crippen LogP contribution in [0.1, 0.15) is 11.1 Å². The molecule has 0 aliphatic carbocycles. The number of nitrogens with one attached hydrogen (secondary N) is 1. The Labute approximate surface area is 104 Å². The summed E-state index contributed by atoms with van der Waals surface area (Å²) >= 11 is 0. The number of halogens is 2. The van der Waals surface area contributed by atoms with E-state index in [-0.39, 0.29) is 5.69 Å². The van der Waals surface area contributed by atoms with E-state index in [0.29, 0.717) is 16.9 Å².